The Kier molecular flexibility index (Phi) is 4.23. The molecule has 0 bridgehead atoms. The second kappa shape index (κ2) is 4.57. The van der Waals surface area contributed by atoms with Crippen LogP contribution in [0.15, 0.2) is 0 Å². The van der Waals surface area contributed by atoms with Gasteiger partial charge in [0, 0.05) is 12.6 Å². The van der Waals surface area contributed by atoms with E-state index in [4.69, 9.17) is 11.0 Å². The maximum absolute atomic E-state index is 8.06. The van der Waals surface area contributed by atoms with Crippen molar-refractivity contribution in [2.45, 2.75) is 13.0 Å². The first kappa shape index (κ1) is 7.41. The fourth-order valence-corrected chi connectivity index (χ4v) is 0.303. The Labute approximate surface area is 49.5 Å². The normalized spacial score (nSPS) is 12.6. The van der Waals surface area contributed by atoms with Crippen molar-refractivity contribution in [1.29, 1.82) is 5.26 Å². The lowest BCUT2D eigenvalue weighted by Crippen LogP contribution is -2.33. The van der Waals surface area contributed by atoms with Gasteiger partial charge in [0.15, 0.2) is 0 Å². The van der Waals surface area contributed by atoms with E-state index in [-0.39, 0.29) is 6.04 Å². The molecule has 0 spiro atoms. The highest BCUT2D eigenvalue weighted by atomic mass is 14.9. The third kappa shape index (κ3) is 3.59. The summed E-state index contributed by atoms with van der Waals surface area (Å²) in [5.41, 5.74) is 5.24. The van der Waals surface area contributed by atoms with Crippen LogP contribution < -0.4 is 11.1 Å². The number of nitrogens with one attached hydrogen (secondary N) is 1. The van der Waals surface area contributed by atoms with Crippen molar-refractivity contribution in [2.24, 2.45) is 5.73 Å². The summed E-state index contributed by atoms with van der Waals surface area (Å²) in [6.45, 7) is 2.91. The molecule has 3 nitrogen and oxygen atoms in total. The molecule has 3 heteroatoms. The van der Waals surface area contributed by atoms with E-state index in [0.29, 0.717) is 13.1 Å². The van der Waals surface area contributed by atoms with Gasteiger partial charge in [-0.2, -0.15) is 5.26 Å². The van der Waals surface area contributed by atoms with Gasteiger partial charge >= 0.3 is 0 Å². The highest BCUT2D eigenvalue weighted by Crippen LogP contribution is 1.71. The lowest BCUT2D eigenvalue weighted by molar-refractivity contribution is 0.596. The van der Waals surface area contributed by atoms with Crippen LogP contribution in [-0.4, -0.2) is 19.1 Å². The summed E-state index contributed by atoms with van der Waals surface area (Å²) in [5.74, 6) is 0. The third-order valence-electron chi connectivity index (χ3n) is 0.883. The van der Waals surface area contributed by atoms with Crippen LogP contribution in [0.25, 0.3) is 0 Å². The Bertz CT molecular complexity index is 84.2. The number of nitrogens with zero attached hydrogens (tertiary/aromatic N) is 1. The van der Waals surface area contributed by atoms with Crippen LogP contribution >= 0.6 is 0 Å². The molecule has 3 N–H and O–H groups in total. The average molecular weight is 113 g/mol. The summed E-state index contributed by atoms with van der Waals surface area (Å²) in [6, 6.07) is 2.23. The van der Waals surface area contributed by atoms with Crippen LogP contribution in [0, 0.1) is 11.3 Å². The van der Waals surface area contributed by atoms with Gasteiger partial charge in [-0.05, 0) is 6.92 Å². The van der Waals surface area contributed by atoms with Crippen molar-refractivity contribution in [3.63, 3.8) is 0 Å². The van der Waals surface area contributed by atoms with Crippen LogP contribution in [0.3, 0.4) is 0 Å². The summed E-state index contributed by atoms with van der Waals surface area (Å²) in [5, 5.41) is 11.0. The molecule has 0 aromatic rings. The Balaban J connectivity index is 3.01. The Morgan fingerprint density at radius 2 is 2.50 bits per heavy atom. The molecular formula is C5H11N3. The molecule has 0 rings (SSSR count). The SMILES string of the molecule is CC(CN)NCC#N. The van der Waals surface area contributed by atoms with E-state index in [9.17, 15) is 0 Å². The Hall–Kier alpha value is -0.590. The van der Waals surface area contributed by atoms with Gasteiger partial charge in [0.05, 0.1) is 12.6 Å². The summed E-state index contributed by atoms with van der Waals surface area (Å²) >= 11 is 0. The molecular weight excluding hydrogens is 102 g/mol. The van der Waals surface area contributed by atoms with Crippen LogP contribution in [0.2, 0.25) is 0 Å². The van der Waals surface area contributed by atoms with E-state index in [0.717, 1.165) is 0 Å². The van der Waals surface area contributed by atoms with Crippen LogP contribution in [0.4, 0.5) is 0 Å². The molecule has 0 aliphatic heterocycles. The van der Waals surface area contributed by atoms with E-state index in [2.05, 4.69) is 5.32 Å². The maximum atomic E-state index is 8.06. The van der Waals surface area contributed by atoms with Gasteiger partial charge in [0.25, 0.3) is 0 Å². The predicted molar refractivity (Wildman–Crippen MR) is 32.1 cm³/mol. The lowest BCUT2D eigenvalue weighted by atomic mass is 10.3. The highest BCUT2D eigenvalue weighted by Gasteiger charge is 1.92. The number of nitriles is 1. The van der Waals surface area contributed by atoms with E-state index in [1.165, 1.54) is 0 Å². The molecule has 0 heterocycles. The van der Waals surface area contributed by atoms with Crippen molar-refractivity contribution >= 4 is 0 Å². The molecule has 0 saturated heterocycles. The van der Waals surface area contributed by atoms with Crippen molar-refractivity contribution in [2.75, 3.05) is 13.1 Å². The van der Waals surface area contributed by atoms with Gasteiger partial charge in [-0.15, -0.1) is 0 Å². The third-order valence-corrected chi connectivity index (χ3v) is 0.883. The Morgan fingerprint density at radius 3 is 2.88 bits per heavy atom. The van der Waals surface area contributed by atoms with Gasteiger partial charge in [-0.3, -0.25) is 0 Å². The van der Waals surface area contributed by atoms with E-state index in [1.54, 1.807) is 0 Å². The van der Waals surface area contributed by atoms with E-state index >= 15 is 0 Å². The second-order valence-electron chi connectivity index (χ2n) is 1.68. The van der Waals surface area contributed by atoms with Crippen molar-refractivity contribution < 1.29 is 0 Å². The first-order chi connectivity index (χ1) is 3.81. The largest absolute Gasteiger partial charge is 0.329 e. The minimum Gasteiger partial charge on any atom is -0.329 e. The molecule has 0 aliphatic carbocycles. The fourth-order valence-electron chi connectivity index (χ4n) is 0.303. The molecule has 0 radical (unpaired) electrons. The first-order valence-corrected chi connectivity index (χ1v) is 2.61. The number of hydrogen-bond donors (Lipinski definition) is 2. The van der Waals surface area contributed by atoms with Crippen LogP contribution in [0.5, 0.6) is 0 Å². The smallest absolute Gasteiger partial charge is 0.0843 e. The number of hydrogen-bond acceptors (Lipinski definition) is 3. The molecule has 0 fully saturated rings. The first-order valence-electron chi connectivity index (χ1n) is 2.61. The van der Waals surface area contributed by atoms with Gasteiger partial charge in [0.2, 0.25) is 0 Å². The van der Waals surface area contributed by atoms with Gasteiger partial charge in [-0.1, -0.05) is 0 Å². The summed E-state index contributed by atoms with van der Waals surface area (Å²) < 4.78 is 0. The van der Waals surface area contributed by atoms with Gasteiger partial charge in [-0.25, -0.2) is 0 Å². The van der Waals surface area contributed by atoms with Gasteiger partial charge < -0.3 is 11.1 Å². The molecule has 0 saturated carbocycles. The van der Waals surface area contributed by atoms with Gasteiger partial charge in [0.1, 0.15) is 0 Å². The molecule has 0 aliphatic rings. The zero-order valence-corrected chi connectivity index (χ0v) is 5.02. The molecule has 0 aromatic heterocycles. The lowest BCUT2D eigenvalue weighted by Gasteiger charge is -2.05. The molecule has 8 heavy (non-hydrogen) atoms. The predicted octanol–water partition coefficient (Wildman–Crippen LogP) is -0.553. The summed E-state index contributed by atoms with van der Waals surface area (Å²) in [4.78, 5) is 0. The number of rotatable bonds is 3. The monoisotopic (exact) mass is 113 g/mol. The average Bonchev–Trinajstić information content (AvgIpc) is 1.83. The molecule has 0 amide bonds. The Morgan fingerprint density at radius 1 is 1.88 bits per heavy atom. The molecule has 46 valence electrons. The second-order valence-corrected chi connectivity index (χ2v) is 1.68. The van der Waals surface area contributed by atoms with E-state index < -0.39 is 0 Å². The van der Waals surface area contributed by atoms with Crippen LogP contribution in [-0.2, 0) is 0 Å². The summed E-state index contributed by atoms with van der Waals surface area (Å²) in [6.07, 6.45) is 0. The molecule has 1 atom stereocenters. The minimum atomic E-state index is 0.259. The minimum absolute atomic E-state index is 0.259. The zero-order valence-electron chi connectivity index (χ0n) is 5.02. The van der Waals surface area contributed by atoms with Crippen molar-refractivity contribution in [1.82, 2.24) is 5.32 Å². The quantitative estimate of drug-likeness (QED) is 0.482. The standard InChI is InChI=1S/C5H11N3/c1-5(4-7)8-3-2-6/h5,8H,3-4,7H2,1H3. The summed E-state index contributed by atoms with van der Waals surface area (Å²) in [7, 11) is 0. The zero-order chi connectivity index (χ0) is 6.41. The molecule has 1 unspecified atom stereocenters. The molecule has 0 aromatic carbocycles. The highest BCUT2D eigenvalue weighted by molar-refractivity contribution is 4.75. The van der Waals surface area contributed by atoms with Crippen LogP contribution in [0.1, 0.15) is 6.92 Å². The number of nitrogens with two attached hydrogens (primary N) is 1. The maximum Gasteiger partial charge on any atom is 0.0843 e. The topological polar surface area (TPSA) is 61.8 Å². The van der Waals surface area contributed by atoms with E-state index in [1.807, 2.05) is 13.0 Å². The van der Waals surface area contributed by atoms with Crippen molar-refractivity contribution in [3.8, 4) is 6.07 Å². The fraction of sp³-hybridized carbons (Fsp3) is 0.800. The van der Waals surface area contributed by atoms with Crippen molar-refractivity contribution in [3.05, 3.63) is 0 Å².